The fourth-order valence-electron chi connectivity index (χ4n) is 3.59. The largest absolute Gasteiger partial charge is 0.493 e. The molecule has 1 aromatic heterocycles. The third-order valence-corrected chi connectivity index (χ3v) is 6.51. The third-order valence-electron chi connectivity index (χ3n) is 5.53. The Kier molecular flexibility index (Phi) is 8.33. The van der Waals surface area contributed by atoms with Crippen LogP contribution in [0.1, 0.15) is 28.2 Å². The lowest BCUT2D eigenvalue weighted by atomic mass is 10.1. The number of carbonyl (C=O) groups excluding carboxylic acids is 2. The van der Waals surface area contributed by atoms with Gasteiger partial charge in [-0.25, -0.2) is 0 Å². The van der Waals surface area contributed by atoms with E-state index in [1.54, 1.807) is 36.5 Å². The van der Waals surface area contributed by atoms with Crippen molar-refractivity contribution in [2.75, 3.05) is 33.9 Å². The number of hydrogen-bond acceptors (Lipinski definition) is 5. The Bertz CT molecular complexity index is 951. The number of nitrogens with zero attached hydrogens (tertiary/aromatic N) is 2. The maximum absolute atomic E-state index is 13.3. The number of rotatable bonds is 12. The maximum Gasteiger partial charge on any atom is 0.242 e. The van der Waals surface area contributed by atoms with E-state index in [-0.39, 0.29) is 24.3 Å². The molecular weight excluding hydrogens is 424 g/mol. The number of thiophene rings is 1. The molecule has 0 atom stereocenters. The van der Waals surface area contributed by atoms with Crippen molar-refractivity contribution < 1.29 is 19.1 Å². The summed E-state index contributed by atoms with van der Waals surface area (Å²) in [6.45, 7) is 7.36. The minimum absolute atomic E-state index is 0.0487. The fraction of sp³-hybridized carbons (Fsp3) is 0.440. The third kappa shape index (κ3) is 6.36. The summed E-state index contributed by atoms with van der Waals surface area (Å²) < 4.78 is 10.7. The van der Waals surface area contributed by atoms with Gasteiger partial charge in [0.1, 0.15) is 6.54 Å². The quantitative estimate of drug-likeness (QED) is 0.452. The summed E-state index contributed by atoms with van der Waals surface area (Å²) in [4.78, 5) is 31.7. The standard InChI is InChI=1S/C25H32N2O4S/c1-5-13-27(25(29)20-8-9-20)17-24(28)26(16-21-10-6-18(2)32-21)14-12-19-7-11-22(30-3)23(15-19)31-4/h5-7,10-11,15,20H,1,8-9,12-14,16-17H2,2-4H3. The molecule has 2 aromatic rings. The van der Waals surface area contributed by atoms with Crippen molar-refractivity contribution >= 4 is 23.2 Å². The first kappa shape index (κ1) is 23.9. The van der Waals surface area contributed by atoms with Gasteiger partial charge in [-0.1, -0.05) is 12.1 Å². The van der Waals surface area contributed by atoms with Crippen LogP contribution in [0, 0.1) is 12.8 Å². The van der Waals surface area contributed by atoms with Gasteiger partial charge in [0, 0.05) is 28.8 Å². The van der Waals surface area contributed by atoms with Crippen molar-refractivity contribution in [1.29, 1.82) is 0 Å². The van der Waals surface area contributed by atoms with E-state index in [4.69, 9.17) is 9.47 Å². The summed E-state index contributed by atoms with van der Waals surface area (Å²) in [6.07, 6.45) is 4.19. The highest BCUT2D eigenvalue weighted by Gasteiger charge is 2.34. The Balaban J connectivity index is 1.72. The summed E-state index contributed by atoms with van der Waals surface area (Å²) in [5.41, 5.74) is 1.06. The number of carbonyl (C=O) groups is 2. The molecule has 32 heavy (non-hydrogen) atoms. The van der Waals surface area contributed by atoms with Crippen LogP contribution in [0.3, 0.4) is 0 Å². The summed E-state index contributed by atoms with van der Waals surface area (Å²) in [5.74, 6) is 1.43. The molecule has 3 rings (SSSR count). The zero-order chi connectivity index (χ0) is 23.1. The molecule has 7 heteroatoms. The Hall–Kier alpha value is -2.80. The monoisotopic (exact) mass is 456 g/mol. The molecule has 0 bridgehead atoms. The van der Waals surface area contributed by atoms with Gasteiger partial charge in [-0.2, -0.15) is 0 Å². The second-order valence-corrected chi connectivity index (χ2v) is 9.42. The van der Waals surface area contributed by atoms with Gasteiger partial charge in [0.05, 0.1) is 20.8 Å². The van der Waals surface area contributed by atoms with Crippen LogP contribution in [0.15, 0.2) is 43.0 Å². The van der Waals surface area contributed by atoms with Crippen molar-refractivity contribution in [3.05, 3.63) is 58.3 Å². The molecule has 1 fully saturated rings. The van der Waals surface area contributed by atoms with E-state index >= 15 is 0 Å². The van der Waals surface area contributed by atoms with Crippen LogP contribution in [-0.2, 0) is 22.6 Å². The molecule has 0 aliphatic heterocycles. The van der Waals surface area contributed by atoms with E-state index in [0.29, 0.717) is 37.6 Å². The average Bonchev–Trinajstić information content (AvgIpc) is 3.57. The molecular formula is C25H32N2O4S. The number of hydrogen-bond donors (Lipinski definition) is 0. The van der Waals surface area contributed by atoms with Crippen LogP contribution in [0.2, 0.25) is 0 Å². The first-order valence-corrected chi connectivity index (χ1v) is 11.7. The van der Waals surface area contributed by atoms with Crippen molar-refractivity contribution in [3.63, 3.8) is 0 Å². The van der Waals surface area contributed by atoms with Crippen LogP contribution < -0.4 is 9.47 Å². The van der Waals surface area contributed by atoms with Gasteiger partial charge >= 0.3 is 0 Å². The van der Waals surface area contributed by atoms with Gasteiger partial charge in [-0.05, 0) is 56.0 Å². The number of amides is 2. The van der Waals surface area contributed by atoms with E-state index in [2.05, 4.69) is 25.6 Å². The smallest absolute Gasteiger partial charge is 0.242 e. The zero-order valence-electron chi connectivity index (χ0n) is 19.1. The molecule has 1 aliphatic rings. The van der Waals surface area contributed by atoms with Crippen molar-refractivity contribution in [2.45, 2.75) is 32.7 Å². The molecule has 0 radical (unpaired) electrons. The predicted octanol–water partition coefficient (Wildman–Crippen LogP) is 4.07. The highest BCUT2D eigenvalue weighted by atomic mass is 32.1. The Morgan fingerprint density at radius 3 is 2.47 bits per heavy atom. The van der Waals surface area contributed by atoms with Gasteiger partial charge in [-0.3, -0.25) is 9.59 Å². The van der Waals surface area contributed by atoms with E-state index < -0.39 is 0 Å². The Morgan fingerprint density at radius 1 is 1.12 bits per heavy atom. The molecule has 1 aliphatic carbocycles. The number of aryl methyl sites for hydroxylation is 1. The summed E-state index contributed by atoms with van der Waals surface area (Å²) >= 11 is 1.69. The molecule has 1 saturated carbocycles. The van der Waals surface area contributed by atoms with Crippen molar-refractivity contribution in [2.24, 2.45) is 5.92 Å². The van der Waals surface area contributed by atoms with Crippen LogP contribution in [-0.4, -0.2) is 55.5 Å². The van der Waals surface area contributed by atoms with Gasteiger partial charge in [0.25, 0.3) is 0 Å². The second kappa shape index (κ2) is 11.2. The van der Waals surface area contributed by atoms with E-state index in [9.17, 15) is 9.59 Å². The van der Waals surface area contributed by atoms with E-state index in [1.807, 2.05) is 23.1 Å². The first-order valence-electron chi connectivity index (χ1n) is 10.9. The fourth-order valence-corrected chi connectivity index (χ4v) is 4.50. The molecule has 6 nitrogen and oxygen atoms in total. The maximum atomic E-state index is 13.3. The van der Waals surface area contributed by atoms with Gasteiger partial charge in [-0.15, -0.1) is 17.9 Å². The van der Waals surface area contributed by atoms with Crippen molar-refractivity contribution in [1.82, 2.24) is 9.80 Å². The summed E-state index contributed by atoms with van der Waals surface area (Å²) in [7, 11) is 3.22. The lowest BCUT2D eigenvalue weighted by molar-refractivity contribution is -0.141. The predicted molar refractivity (Wildman–Crippen MR) is 127 cm³/mol. The Morgan fingerprint density at radius 2 is 1.88 bits per heavy atom. The highest BCUT2D eigenvalue weighted by Crippen LogP contribution is 2.31. The normalized spacial score (nSPS) is 12.8. The topological polar surface area (TPSA) is 59.1 Å². The van der Waals surface area contributed by atoms with Gasteiger partial charge in [0.2, 0.25) is 11.8 Å². The molecule has 2 amide bonds. The van der Waals surface area contributed by atoms with Crippen LogP contribution in [0.4, 0.5) is 0 Å². The van der Waals surface area contributed by atoms with Crippen LogP contribution >= 0.6 is 11.3 Å². The van der Waals surface area contributed by atoms with Gasteiger partial charge in [0.15, 0.2) is 11.5 Å². The number of methoxy groups -OCH3 is 2. The molecule has 0 unspecified atom stereocenters. The molecule has 0 spiro atoms. The van der Waals surface area contributed by atoms with E-state index in [1.165, 1.54) is 4.88 Å². The SMILES string of the molecule is C=CCN(CC(=O)N(CCc1ccc(OC)c(OC)c1)Cc1ccc(C)s1)C(=O)C1CC1. The Labute approximate surface area is 194 Å². The molecule has 172 valence electrons. The second-order valence-electron chi connectivity index (χ2n) is 8.05. The average molecular weight is 457 g/mol. The highest BCUT2D eigenvalue weighted by molar-refractivity contribution is 7.11. The minimum Gasteiger partial charge on any atom is -0.493 e. The lowest BCUT2D eigenvalue weighted by Crippen LogP contribution is -2.43. The first-order chi connectivity index (χ1) is 15.4. The molecule has 0 N–H and O–H groups in total. The van der Waals surface area contributed by atoms with Crippen LogP contribution in [0.25, 0.3) is 0 Å². The molecule has 1 heterocycles. The minimum atomic E-state index is -0.0487. The van der Waals surface area contributed by atoms with E-state index in [0.717, 1.165) is 23.3 Å². The number of benzene rings is 1. The lowest BCUT2D eigenvalue weighted by Gasteiger charge is -2.27. The summed E-state index contributed by atoms with van der Waals surface area (Å²) in [6, 6.07) is 9.94. The molecule has 1 aromatic carbocycles. The zero-order valence-corrected chi connectivity index (χ0v) is 20.0. The molecule has 0 saturated heterocycles. The van der Waals surface area contributed by atoms with Gasteiger partial charge < -0.3 is 19.3 Å². The summed E-state index contributed by atoms with van der Waals surface area (Å²) in [5, 5.41) is 0. The number of ether oxygens (including phenoxy) is 2. The van der Waals surface area contributed by atoms with Crippen molar-refractivity contribution in [3.8, 4) is 11.5 Å². The van der Waals surface area contributed by atoms with Crippen LogP contribution in [0.5, 0.6) is 11.5 Å².